The highest BCUT2D eigenvalue weighted by Crippen LogP contribution is 2.17. The van der Waals surface area contributed by atoms with E-state index < -0.39 is 29.3 Å². The lowest BCUT2D eigenvalue weighted by Crippen LogP contribution is -2.49. The number of carbonyl (C=O) groups is 2. The van der Waals surface area contributed by atoms with Crippen LogP contribution in [0.4, 0.5) is 9.59 Å². The van der Waals surface area contributed by atoms with E-state index in [1.807, 2.05) is 24.3 Å². The largest absolute Gasteiger partial charge is 0.444 e. The molecule has 0 radical (unpaired) electrons. The highest BCUT2D eigenvalue weighted by molar-refractivity contribution is 14.1. The Balaban J connectivity index is 2.99. The van der Waals surface area contributed by atoms with Crippen LogP contribution < -0.4 is 5.32 Å². The van der Waals surface area contributed by atoms with Crippen molar-refractivity contribution in [2.75, 3.05) is 0 Å². The predicted molar refractivity (Wildman–Crippen MR) is 108 cm³/mol. The molecule has 0 saturated heterocycles. The average molecular weight is 475 g/mol. The van der Waals surface area contributed by atoms with Crippen LogP contribution in [0.3, 0.4) is 0 Å². The van der Waals surface area contributed by atoms with Gasteiger partial charge in [-0.3, -0.25) is 10.7 Å². The summed E-state index contributed by atoms with van der Waals surface area (Å²) >= 11 is 2.15. The van der Waals surface area contributed by atoms with Gasteiger partial charge in [-0.05, 0) is 75.8 Å². The number of halogens is 1. The second-order valence-corrected chi connectivity index (χ2v) is 8.80. The molecule has 0 unspecified atom stereocenters. The van der Waals surface area contributed by atoms with Crippen molar-refractivity contribution in [2.24, 2.45) is 0 Å². The van der Waals surface area contributed by atoms with E-state index in [2.05, 4.69) is 27.9 Å². The van der Waals surface area contributed by atoms with Crippen LogP contribution in [0.5, 0.6) is 0 Å². The average Bonchev–Trinajstić information content (AvgIpc) is 2.41. The van der Waals surface area contributed by atoms with Crippen molar-refractivity contribution in [1.29, 1.82) is 5.41 Å². The molecule has 26 heavy (non-hydrogen) atoms. The summed E-state index contributed by atoms with van der Waals surface area (Å²) in [5, 5.41) is 10.4. The Hall–Kier alpha value is -1.84. The number of ether oxygens (including phenoxy) is 2. The molecule has 144 valence electrons. The van der Waals surface area contributed by atoms with Gasteiger partial charge >= 0.3 is 12.2 Å². The van der Waals surface area contributed by atoms with E-state index in [1.54, 1.807) is 41.5 Å². The molecule has 1 aromatic carbocycles. The predicted octanol–water partition coefficient (Wildman–Crippen LogP) is 4.49. The zero-order chi connectivity index (χ0) is 20.1. The third kappa shape index (κ3) is 8.03. The van der Waals surface area contributed by atoms with Crippen LogP contribution in [0.25, 0.3) is 0 Å². The van der Waals surface area contributed by atoms with Crippen LogP contribution in [0.2, 0.25) is 0 Å². The van der Waals surface area contributed by atoms with Crippen molar-refractivity contribution in [3.8, 4) is 0 Å². The van der Waals surface area contributed by atoms with Crippen LogP contribution >= 0.6 is 22.6 Å². The number of alkyl carbamates (subject to hydrolysis) is 1. The molecule has 0 heterocycles. The summed E-state index contributed by atoms with van der Waals surface area (Å²) in [7, 11) is 0. The number of benzene rings is 1. The first-order valence-corrected chi connectivity index (χ1v) is 9.19. The van der Waals surface area contributed by atoms with E-state index in [-0.39, 0.29) is 6.54 Å². The third-order valence-corrected chi connectivity index (χ3v) is 3.84. The van der Waals surface area contributed by atoms with Gasteiger partial charge in [-0.2, -0.15) is 0 Å². The molecule has 1 aromatic rings. The highest BCUT2D eigenvalue weighted by atomic mass is 127. The fourth-order valence-electron chi connectivity index (χ4n) is 1.82. The van der Waals surface area contributed by atoms with Gasteiger partial charge in [0.15, 0.2) is 0 Å². The van der Waals surface area contributed by atoms with Crippen LogP contribution in [0, 0.1) is 8.98 Å². The van der Waals surface area contributed by atoms with Crippen molar-refractivity contribution < 1.29 is 19.1 Å². The molecule has 0 spiro atoms. The summed E-state index contributed by atoms with van der Waals surface area (Å²) in [5.41, 5.74) is -0.615. The van der Waals surface area contributed by atoms with Crippen molar-refractivity contribution in [2.45, 2.75) is 59.3 Å². The van der Waals surface area contributed by atoms with E-state index in [1.165, 1.54) is 0 Å². The van der Waals surface area contributed by atoms with Crippen LogP contribution in [0.1, 0.15) is 47.1 Å². The van der Waals surface area contributed by atoms with Gasteiger partial charge in [-0.1, -0.05) is 18.2 Å². The van der Waals surface area contributed by atoms with E-state index >= 15 is 0 Å². The summed E-state index contributed by atoms with van der Waals surface area (Å²) < 4.78 is 11.4. The molecule has 7 nitrogen and oxygen atoms in total. The standard InChI is InChI=1S/C18H26IN3O4/c1-17(2,3)25-15(23)21-14(20)22(16(24)26-18(4,5)6)11-12-9-7-8-10-13(12)19/h7-10H,11H2,1-6H3,(H2,20,21,23). The Kier molecular flexibility index (Phi) is 7.43. The molecule has 1 rings (SSSR count). The summed E-state index contributed by atoms with van der Waals surface area (Å²) in [6, 6.07) is 7.47. The number of carbonyl (C=O) groups excluding carboxylic acids is 2. The second kappa shape index (κ2) is 8.70. The van der Waals surface area contributed by atoms with Crippen molar-refractivity contribution in [1.82, 2.24) is 10.2 Å². The Bertz CT molecular complexity index is 678. The number of amides is 2. The van der Waals surface area contributed by atoms with Crippen molar-refractivity contribution in [3.63, 3.8) is 0 Å². The van der Waals surface area contributed by atoms with Crippen molar-refractivity contribution in [3.05, 3.63) is 33.4 Å². The topological polar surface area (TPSA) is 91.7 Å². The van der Waals surface area contributed by atoms with Crippen LogP contribution in [-0.4, -0.2) is 34.2 Å². The summed E-state index contributed by atoms with van der Waals surface area (Å²) in [6.07, 6.45) is -1.53. The van der Waals surface area contributed by atoms with Gasteiger partial charge in [0.1, 0.15) is 11.2 Å². The van der Waals surface area contributed by atoms with E-state index in [0.29, 0.717) is 0 Å². The Labute approximate surface area is 168 Å². The number of guanidine groups is 1. The van der Waals surface area contributed by atoms with E-state index in [0.717, 1.165) is 14.0 Å². The smallest absolute Gasteiger partial charge is 0.417 e. The summed E-state index contributed by atoms with van der Waals surface area (Å²) in [6.45, 7) is 10.4. The monoisotopic (exact) mass is 475 g/mol. The zero-order valence-corrected chi connectivity index (χ0v) is 18.1. The normalized spacial score (nSPS) is 11.5. The maximum absolute atomic E-state index is 12.6. The number of nitrogens with one attached hydrogen (secondary N) is 2. The molecule has 8 heteroatoms. The first-order chi connectivity index (χ1) is 11.8. The molecular formula is C18H26IN3O4. The Morgan fingerprint density at radius 2 is 1.62 bits per heavy atom. The quantitative estimate of drug-likeness (QED) is 0.375. The SMILES string of the molecule is CC(C)(C)OC(=O)NC(=N)N(Cc1ccccc1I)C(=O)OC(C)(C)C. The minimum absolute atomic E-state index is 0.0860. The van der Waals surface area contributed by atoms with Crippen LogP contribution in [-0.2, 0) is 16.0 Å². The van der Waals surface area contributed by atoms with Gasteiger partial charge in [-0.25, -0.2) is 14.5 Å². The molecule has 0 aliphatic heterocycles. The maximum atomic E-state index is 12.6. The van der Waals surface area contributed by atoms with Gasteiger partial charge in [0.2, 0.25) is 5.96 Å². The Morgan fingerprint density at radius 1 is 1.08 bits per heavy atom. The van der Waals surface area contributed by atoms with Crippen LogP contribution in [0.15, 0.2) is 24.3 Å². The maximum Gasteiger partial charge on any atom is 0.417 e. The van der Waals surface area contributed by atoms with Gasteiger partial charge in [-0.15, -0.1) is 0 Å². The lowest BCUT2D eigenvalue weighted by atomic mass is 10.2. The number of hydrogen-bond acceptors (Lipinski definition) is 5. The second-order valence-electron chi connectivity index (χ2n) is 7.63. The zero-order valence-electron chi connectivity index (χ0n) is 16.0. The van der Waals surface area contributed by atoms with E-state index in [9.17, 15) is 9.59 Å². The molecule has 2 N–H and O–H groups in total. The first kappa shape index (κ1) is 22.2. The minimum atomic E-state index is -0.807. The molecule has 0 aromatic heterocycles. The fraction of sp³-hybridized carbons (Fsp3) is 0.500. The Morgan fingerprint density at radius 3 is 2.12 bits per heavy atom. The highest BCUT2D eigenvalue weighted by Gasteiger charge is 2.28. The van der Waals surface area contributed by atoms with Gasteiger partial charge < -0.3 is 9.47 Å². The van der Waals surface area contributed by atoms with Gasteiger partial charge in [0, 0.05) is 3.57 Å². The van der Waals surface area contributed by atoms with Crippen molar-refractivity contribution >= 4 is 40.7 Å². The number of hydrogen-bond donors (Lipinski definition) is 2. The minimum Gasteiger partial charge on any atom is -0.444 e. The summed E-state index contributed by atoms with van der Waals surface area (Å²) in [5.74, 6) is -0.409. The first-order valence-electron chi connectivity index (χ1n) is 8.11. The molecule has 0 atom stereocenters. The molecular weight excluding hydrogens is 449 g/mol. The number of nitrogens with zero attached hydrogens (tertiary/aromatic N) is 1. The summed E-state index contributed by atoms with van der Waals surface area (Å²) in [4.78, 5) is 25.6. The van der Waals surface area contributed by atoms with E-state index in [4.69, 9.17) is 14.9 Å². The molecule has 0 aliphatic carbocycles. The fourth-order valence-corrected chi connectivity index (χ4v) is 2.37. The molecule has 0 saturated carbocycles. The van der Waals surface area contributed by atoms with Gasteiger partial charge in [0.25, 0.3) is 0 Å². The molecule has 0 aliphatic rings. The third-order valence-electron chi connectivity index (χ3n) is 2.79. The lowest BCUT2D eigenvalue weighted by Gasteiger charge is -2.28. The molecule has 0 bridgehead atoms. The molecule has 2 amide bonds. The van der Waals surface area contributed by atoms with Gasteiger partial charge in [0.05, 0.1) is 6.54 Å². The lowest BCUT2D eigenvalue weighted by molar-refractivity contribution is 0.0346. The molecule has 0 fully saturated rings. The number of rotatable bonds is 2.